The van der Waals surface area contributed by atoms with Crippen molar-refractivity contribution in [3.63, 3.8) is 0 Å². The van der Waals surface area contributed by atoms with Gasteiger partial charge in [0.2, 0.25) is 0 Å². The molecule has 0 radical (unpaired) electrons. The molecule has 1 aromatic carbocycles. The monoisotopic (exact) mass is 350 g/mol. The summed E-state index contributed by atoms with van der Waals surface area (Å²) >= 11 is 3.31. The molecule has 5 nitrogen and oxygen atoms in total. The van der Waals surface area contributed by atoms with Crippen molar-refractivity contribution in [1.82, 2.24) is 0 Å². The molecule has 1 heterocycles. The Morgan fingerprint density at radius 3 is 3.00 bits per heavy atom. The molecule has 21 heavy (non-hydrogen) atoms. The molecule has 0 spiro atoms. The van der Waals surface area contributed by atoms with Crippen LogP contribution in [0.3, 0.4) is 0 Å². The predicted octanol–water partition coefficient (Wildman–Crippen LogP) is 2.90. The minimum atomic E-state index is -0.671. The van der Waals surface area contributed by atoms with Crippen LogP contribution in [-0.2, 0) is 11.3 Å². The lowest BCUT2D eigenvalue weighted by atomic mass is 10.2. The third-order valence-electron chi connectivity index (χ3n) is 2.76. The molecule has 6 heteroatoms. The predicted molar refractivity (Wildman–Crippen MR) is 81.7 cm³/mol. The van der Waals surface area contributed by atoms with Gasteiger partial charge in [0.15, 0.2) is 0 Å². The Morgan fingerprint density at radius 2 is 2.29 bits per heavy atom. The Balaban J connectivity index is 1.76. The van der Waals surface area contributed by atoms with Gasteiger partial charge in [-0.25, -0.2) is 0 Å². The van der Waals surface area contributed by atoms with Gasteiger partial charge in [0.1, 0.15) is 18.4 Å². The molecular formula is C15H15BrN2O3. The Bertz CT molecular complexity index is 608. The fourth-order valence-electron chi connectivity index (χ4n) is 1.74. The number of ether oxygens (including phenoxy) is 1. The molecule has 1 unspecified atom stereocenters. The molecule has 2 aromatic rings. The third-order valence-corrected chi connectivity index (χ3v) is 3.26. The van der Waals surface area contributed by atoms with Gasteiger partial charge < -0.3 is 19.6 Å². The van der Waals surface area contributed by atoms with Crippen LogP contribution in [0.15, 0.2) is 45.5 Å². The van der Waals surface area contributed by atoms with E-state index in [1.807, 2.05) is 12.1 Å². The van der Waals surface area contributed by atoms with Crippen LogP contribution in [0.5, 0.6) is 0 Å². The van der Waals surface area contributed by atoms with E-state index in [-0.39, 0.29) is 6.61 Å². The number of hydrogen-bond acceptors (Lipinski definition) is 5. The zero-order valence-corrected chi connectivity index (χ0v) is 12.8. The molecule has 0 saturated carbocycles. The van der Waals surface area contributed by atoms with Crippen molar-refractivity contribution in [3.8, 4) is 6.07 Å². The highest BCUT2D eigenvalue weighted by molar-refractivity contribution is 9.10. The van der Waals surface area contributed by atoms with Crippen LogP contribution in [0, 0.1) is 11.3 Å². The summed E-state index contributed by atoms with van der Waals surface area (Å²) in [6, 6.07) is 11.1. The molecule has 0 bridgehead atoms. The molecule has 2 rings (SSSR count). The summed E-state index contributed by atoms with van der Waals surface area (Å²) in [6.07, 6.45) is 0.906. The molecule has 2 N–H and O–H groups in total. The highest BCUT2D eigenvalue weighted by Gasteiger charge is 2.08. The van der Waals surface area contributed by atoms with E-state index in [0.29, 0.717) is 24.4 Å². The van der Waals surface area contributed by atoms with Gasteiger partial charge in [-0.3, -0.25) is 0 Å². The lowest BCUT2D eigenvalue weighted by molar-refractivity contribution is 0.0282. The Hall–Kier alpha value is -1.81. The second-order valence-electron chi connectivity index (χ2n) is 4.43. The first-order chi connectivity index (χ1) is 10.2. The van der Waals surface area contributed by atoms with Crippen molar-refractivity contribution in [2.45, 2.75) is 12.7 Å². The molecule has 0 aliphatic heterocycles. The van der Waals surface area contributed by atoms with E-state index in [1.165, 1.54) is 0 Å². The van der Waals surface area contributed by atoms with Crippen LogP contribution in [-0.4, -0.2) is 24.4 Å². The number of nitrogens with zero attached hydrogens (tertiary/aromatic N) is 1. The van der Waals surface area contributed by atoms with Gasteiger partial charge in [-0.1, -0.05) is 15.9 Å². The normalized spacial score (nSPS) is 11.9. The molecular weight excluding hydrogens is 336 g/mol. The Kier molecular flexibility index (Phi) is 5.81. The number of nitriles is 1. The maximum Gasteiger partial charge on any atom is 0.129 e. The van der Waals surface area contributed by atoms with Gasteiger partial charge >= 0.3 is 0 Å². The van der Waals surface area contributed by atoms with Gasteiger partial charge in [0.25, 0.3) is 0 Å². The summed E-state index contributed by atoms with van der Waals surface area (Å²) in [5.41, 5.74) is 1.21. The van der Waals surface area contributed by atoms with E-state index >= 15 is 0 Å². The number of anilines is 1. The quantitative estimate of drug-likeness (QED) is 0.802. The third kappa shape index (κ3) is 4.90. The molecule has 1 aromatic heterocycles. The van der Waals surface area contributed by atoms with E-state index in [0.717, 1.165) is 10.2 Å². The van der Waals surface area contributed by atoms with E-state index in [2.05, 4.69) is 27.3 Å². The second-order valence-corrected chi connectivity index (χ2v) is 5.35. The lowest BCUT2D eigenvalue weighted by Crippen LogP contribution is -2.25. The number of aliphatic hydroxyl groups excluding tert-OH is 1. The van der Waals surface area contributed by atoms with Crippen LogP contribution < -0.4 is 5.32 Å². The van der Waals surface area contributed by atoms with Crippen LogP contribution >= 0.6 is 15.9 Å². The fraction of sp³-hybridized carbons (Fsp3) is 0.267. The number of nitrogens with one attached hydrogen (secondary N) is 1. The standard InChI is InChI=1S/C15H15BrN2O3/c16-12-3-4-15(11(6-12)7-17)18-8-13(19)9-20-10-14-2-1-5-21-14/h1-6,13,18-19H,8-10H2. The van der Waals surface area contributed by atoms with E-state index in [1.54, 1.807) is 24.5 Å². The maximum absolute atomic E-state index is 9.85. The molecule has 110 valence electrons. The van der Waals surface area contributed by atoms with E-state index < -0.39 is 6.10 Å². The summed E-state index contributed by atoms with van der Waals surface area (Å²) in [7, 11) is 0. The first-order valence-electron chi connectivity index (χ1n) is 6.40. The molecule has 0 aliphatic rings. The number of rotatable bonds is 7. The fourth-order valence-corrected chi connectivity index (χ4v) is 2.10. The summed E-state index contributed by atoms with van der Waals surface area (Å²) in [4.78, 5) is 0. The molecule has 0 fully saturated rings. The molecule has 0 saturated heterocycles. The number of benzene rings is 1. The van der Waals surface area contributed by atoms with E-state index in [9.17, 15) is 5.11 Å². The largest absolute Gasteiger partial charge is 0.467 e. The zero-order valence-electron chi connectivity index (χ0n) is 11.3. The SMILES string of the molecule is N#Cc1cc(Br)ccc1NCC(O)COCc1ccco1. The zero-order chi connectivity index (χ0) is 15.1. The number of halogens is 1. The number of furan rings is 1. The minimum absolute atomic E-state index is 0.187. The second kappa shape index (κ2) is 7.84. The lowest BCUT2D eigenvalue weighted by Gasteiger charge is -2.13. The summed E-state index contributed by atoms with van der Waals surface area (Å²) in [5, 5.41) is 21.9. The van der Waals surface area contributed by atoms with Gasteiger partial charge in [0, 0.05) is 11.0 Å². The van der Waals surface area contributed by atoms with Crippen molar-refractivity contribution < 1.29 is 14.3 Å². The molecule has 0 aliphatic carbocycles. The summed E-state index contributed by atoms with van der Waals surface area (Å²) < 4.78 is 11.3. The average Bonchev–Trinajstić information content (AvgIpc) is 2.99. The minimum Gasteiger partial charge on any atom is -0.467 e. The molecule has 0 amide bonds. The smallest absolute Gasteiger partial charge is 0.129 e. The van der Waals surface area contributed by atoms with Crippen molar-refractivity contribution in [3.05, 3.63) is 52.4 Å². The van der Waals surface area contributed by atoms with Gasteiger partial charge in [-0.05, 0) is 30.3 Å². The van der Waals surface area contributed by atoms with Crippen LogP contribution in [0.1, 0.15) is 11.3 Å². The molecule has 1 atom stereocenters. The Labute approximate surface area is 131 Å². The van der Waals surface area contributed by atoms with Gasteiger partial charge in [-0.15, -0.1) is 0 Å². The van der Waals surface area contributed by atoms with Crippen molar-refractivity contribution in [2.75, 3.05) is 18.5 Å². The van der Waals surface area contributed by atoms with Gasteiger partial charge in [-0.2, -0.15) is 5.26 Å². The van der Waals surface area contributed by atoms with E-state index in [4.69, 9.17) is 14.4 Å². The van der Waals surface area contributed by atoms with Crippen molar-refractivity contribution in [2.24, 2.45) is 0 Å². The first-order valence-corrected chi connectivity index (χ1v) is 7.20. The topological polar surface area (TPSA) is 78.4 Å². The summed E-state index contributed by atoms with van der Waals surface area (Å²) in [5.74, 6) is 0.717. The first kappa shape index (κ1) is 15.6. The van der Waals surface area contributed by atoms with Crippen LogP contribution in [0.4, 0.5) is 5.69 Å². The maximum atomic E-state index is 9.85. The number of hydrogen-bond donors (Lipinski definition) is 2. The summed E-state index contributed by atoms with van der Waals surface area (Å²) in [6.45, 7) is 0.812. The van der Waals surface area contributed by atoms with Crippen LogP contribution in [0.25, 0.3) is 0 Å². The Morgan fingerprint density at radius 1 is 1.43 bits per heavy atom. The highest BCUT2D eigenvalue weighted by Crippen LogP contribution is 2.20. The number of aliphatic hydroxyl groups is 1. The van der Waals surface area contributed by atoms with Crippen LogP contribution in [0.2, 0.25) is 0 Å². The average molecular weight is 351 g/mol. The van der Waals surface area contributed by atoms with Crippen molar-refractivity contribution >= 4 is 21.6 Å². The van der Waals surface area contributed by atoms with Crippen molar-refractivity contribution in [1.29, 1.82) is 5.26 Å². The highest BCUT2D eigenvalue weighted by atomic mass is 79.9. The van der Waals surface area contributed by atoms with Gasteiger partial charge in [0.05, 0.1) is 30.2 Å².